The van der Waals surface area contributed by atoms with Crippen molar-refractivity contribution in [2.24, 2.45) is 0 Å². The van der Waals surface area contributed by atoms with Crippen LogP contribution >= 0.6 is 0 Å². The van der Waals surface area contributed by atoms with E-state index in [1.54, 1.807) is 0 Å². The Bertz CT molecular complexity index is 171. The van der Waals surface area contributed by atoms with Crippen molar-refractivity contribution in [1.29, 1.82) is 0 Å². The smallest absolute Gasteiger partial charge is 0.0752 e. The molecule has 2 aliphatic rings. The Kier molecular flexibility index (Phi) is 2.13. The first-order valence-electron chi connectivity index (χ1n) is 5.16. The fourth-order valence-corrected chi connectivity index (χ4v) is 2.41. The van der Waals surface area contributed by atoms with Crippen LogP contribution in [0.2, 0.25) is 0 Å². The zero-order valence-electron chi connectivity index (χ0n) is 8.10. The van der Waals surface area contributed by atoms with Gasteiger partial charge in [0.25, 0.3) is 0 Å². The normalized spacial score (nSPS) is 47.5. The van der Waals surface area contributed by atoms with E-state index < -0.39 is 0 Å². The van der Waals surface area contributed by atoms with E-state index in [1.807, 2.05) is 0 Å². The molecule has 0 aromatic rings. The first-order valence-corrected chi connectivity index (χ1v) is 5.16. The molecule has 70 valence electrons. The molecule has 2 aliphatic heterocycles. The van der Waals surface area contributed by atoms with Gasteiger partial charge in [0, 0.05) is 6.04 Å². The summed E-state index contributed by atoms with van der Waals surface area (Å²) < 4.78 is 5.45. The lowest BCUT2D eigenvalue weighted by Crippen LogP contribution is -2.69. The van der Waals surface area contributed by atoms with Crippen LogP contribution in [0.5, 0.6) is 0 Å². The van der Waals surface area contributed by atoms with Gasteiger partial charge in [-0.25, -0.2) is 0 Å². The number of nitrogens with one attached hydrogen (secondary N) is 1. The Morgan fingerprint density at radius 2 is 2.42 bits per heavy atom. The van der Waals surface area contributed by atoms with Crippen molar-refractivity contribution in [1.82, 2.24) is 5.32 Å². The second kappa shape index (κ2) is 3.00. The monoisotopic (exact) mass is 169 g/mol. The van der Waals surface area contributed by atoms with Crippen molar-refractivity contribution in [2.45, 2.75) is 57.2 Å². The summed E-state index contributed by atoms with van der Waals surface area (Å²) in [6.45, 7) is 5.39. The van der Waals surface area contributed by atoms with Gasteiger partial charge in [0.15, 0.2) is 0 Å². The van der Waals surface area contributed by atoms with Crippen molar-refractivity contribution in [3.05, 3.63) is 0 Å². The van der Waals surface area contributed by atoms with Crippen LogP contribution in [-0.2, 0) is 4.74 Å². The third kappa shape index (κ3) is 1.17. The predicted octanol–water partition coefficient (Wildman–Crippen LogP) is 1.70. The lowest BCUT2D eigenvalue weighted by Gasteiger charge is -2.52. The molecule has 2 heteroatoms. The van der Waals surface area contributed by atoms with Gasteiger partial charge in [-0.05, 0) is 32.6 Å². The highest BCUT2D eigenvalue weighted by atomic mass is 16.5. The van der Waals surface area contributed by atoms with E-state index in [1.165, 1.54) is 25.7 Å². The van der Waals surface area contributed by atoms with Crippen molar-refractivity contribution in [3.8, 4) is 0 Å². The molecule has 0 aliphatic carbocycles. The van der Waals surface area contributed by atoms with Gasteiger partial charge in [-0.3, -0.25) is 0 Å². The van der Waals surface area contributed by atoms with E-state index in [0.717, 1.165) is 12.6 Å². The summed E-state index contributed by atoms with van der Waals surface area (Å²) in [5.41, 5.74) is 0.360. The SMILES string of the molecule is CCC1CCCC2(CO[C@H]2C)N1. The molecule has 0 bridgehead atoms. The van der Waals surface area contributed by atoms with Crippen LogP contribution in [-0.4, -0.2) is 24.3 Å². The van der Waals surface area contributed by atoms with Crippen molar-refractivity contribution >= 4 is 0 Å². The summed E-state index contributed by atoms with van der Waals surface area (Å²) in [5.74, 6) is 0. The quantitative estimate of drug-likeness (QED) is 0.645. The second-order valence-electron chi connectivity index (χ2n) is 4.25. The molecule has 0 saturated carbocycles. The molecule has 0 radical (unpaired) electrons. The molecule has 1 N–H and O–H groups in total. The van der Waals surface area contributed by atoms with Gasteiger partial charge >= 0.3 is 0 Å². The minimum Gasteiger partial charge on any atom is -0.374 e. The van der Waals surface area contributed by atoms with E-state index in [-0.39, 0.29) is 0 Å². The van der Waals surface area contributed by atoms with Gasteiger partial charge in [0.2, 0.25) is 0 Å². The summed E-state index contributed by atoms with van der Waals surface area (Å²) >= 11 is 0. The maximum absolute atomic E-state index is 5.45. The van der Waals surface area contributed by atoms with Crippen molar-refractivity contribution < 1.29 is 4.74 Å². The molecule has 2 unspecified atom stereocenters. The Hall–Kier alpha value is -0.0800. The van der Waals surface area contributed by atoms with Crippen LogP contribution in [0.15, 0.2) is 0 Å². The third-order valence-electron chi connectivity index (χ3n) is 3.53. The van der Waals surface area contributed by atoms with Gasteiger partial charge < -0.3 is 10.1 Å². The summed E-state index contributed by atoms with van der Waals surface area (Å²) in [5, 5.41) is 3.74. The third-order valence-corrected chi connectivity index (χ3v) is 3.53. The van der Waals surface area contributed by atoms with Gasteiger partial charge in [0.1, 0.15) is 0 Å². The van der Waals surface area contributed by atoms with E-state index in [0.29, 0.717) is 11.6 Å². The van der Waals surface area contributed by atoms with Crippen LogP contribution in [0, 0.1) is 0 Å². The van der Waals surface area contributed by atoms with E-state index in [2.05, 4.69) is 19.2 Å². The van der Waals surface area contributed by atoms with Gasteiger partial charge in [-0.2, -0.15) is 0 Å². The van der Waals surface area contributed by atoms with Gasteiger partial charge in [-0.1, -0.05) is 6.92 Å². The average Bonchev–Trinajstić information content (AvgIpc) is 2.15. The Morgan fingerprint density at radius 1 is 1.58 bits per heavy atom. The maximum Gasteiger partial charge on any atom is 0.0752 e. The predicted molar refractivity (Wildman–Crippen MR) is 49.2 cm³/mol. The highest BCUT2D eigenvalue weighted by Gasteiger charge is 2.47. The van der Waals surface area contributed by atoms with Crippen molar-refractivity contribution in [2.75, 3.05) is 6.61 Å². The fraction of sp³-hybridized carbons (Fsp3) is 1.00. The molecular weight excluding hydrogens is 150 g/mol. The number of ether oxygens (including phenoxy) is 1. The lowest BCUT2D eigenvalue weighted by atomic mass is 9.79. The topological polar surface area (TPSA) is 21.3 Å². The number of rotatable bonds is 1. The van der Waals surface area contributed by atoms with Crippen molar-refractivity contribution in [3.63, 3.8) is 0 Å². The highest BCUT2D eigenvalue weighted by molar-refractivity contribution is 5.04. The van der Waals surface area contributed by atoms with Crippen LogP contribution in [0.4, 0.5) is 0 Å². The molecule has 0 aromatic carbocycles. The maximum atomic E-state index is 5.45. The molecule has 2 saturated heterocycles. The lowest BCUT2D eigenvalue weighted by molar-refractivity contribution is -0.155. The fourth-order valence-electron chi connectivity index (χ4n) is 2.41. The standard InChI is InChI=1S/C10H19NO/c1-3-9-5-4-6-10(11-9)7-12-8(10)2/h8-9,11H,3-7H2,1-2H3/t8-,9?,10?/m0/s1. The molecule has 1 spiro atoms. The molecule has 2 fully saturated rings. The Morgan fingerprint density at radius 3 is 2.92 bits per heavy atom. The summed E-state index contributed by atoms with van der Waals surface area (Å²) in [7, 11) is 0. The molecular formula is C10H19NO. The Balaban J connectivity index is 1.98. The Labute approximate surface area is 74.7 Å². The van der Waals surface area contributed by atoms with E-state index in [4.69, 9.17) is 4.74 Å². The molecule has 0 amide bonds. The molecule has 2 rings (SSSR count). The number of piperidine rings is 1. The van der Waals surface area contributed by atoms with Gasteiger partial charge in [-0.15, -0.1) is 0 Å². The molecule has 3 atom stereocenters. The molecule has 0 aromatic heterocycles. The minimum absolute atomic E-state index is 0.360. The second-order valence-corrected chi connectivity index (χ2v) is 4.25. The molecule has 2 heterocycles. The zero-order chi connectivity index (χ0) is 8.60. The van der Waals surface area contributed by atoms with Crippen LogP contribution in [0.25, 0.3) is 0 Å². The molecule has 2 nitrogen and oxygen atoms in total. The number of hydrogen-bond donors (Lipinski definition) is 1. The van der Waals surface area contributed by atoms with E-state index in [9.17, 15) is 0 Å². The van der Waals surface area contributed by atoms with Crippen LogP contribution in [0.3, 0.4) is 0 Å². The largest absolute Gasteiger partial charge is 0.374 e. The zero-order valence-corrected chi connectivity index (χ0v) is 8.10. The van der Waals surface area contributed by atoms with Gasteiger partial charge in [0.05, 0.1) is 18.2 Å². The minimum atomic E-state index is 0.360. The highest BCUT2D eigenvalue weighted by Crippen LogP contribution is 2.35. The van der Waals surface area contributed by atoms with Crippen LogP contribution in [0.1, 0.15) is 39.5 Å². The summed E-state index contributed by atoms with van der Waals surface area (Å²) in [6.07, 6.45) is 5.73. The number of hydrogen-bond acceptors (Lipinski definition) is 2. The average molecular weight is 169 g/mol. The molecule has 12 heavy (non-hydrogen) atoms. The summed E-state index contributed by atoms with van der Waals surface area (Å²) in [6, 6.07) is 0.741. The first kappa shape index (κ1) is 8.52. The first-order chi connectivity index (χ1) is 5.77. The van der Waals surface area contributed by atoms with Crippen LogP contribution < -0.4 is 5.32 Å². The summed E-state index contributed by atoms with van der Waals surface area (Å²) in [4.78, 5) is 0. The van der Waals surface area contributed by atoms with E-state index >= 15 is 0 Å².